The van der Waals surface area contributed by atoms with Gasteiger partial charge >= 0.3 is 5.97 Å². The Bertz CT molecular complexity index is 689. The van der Waals surface area contributed by atoms with Crippen LogP contribution in [0.15, 0.2) is 36.0 Å². The minimum atomic E-state index is -0.979. The summed E-state index contributed by atoms with van der Waals surface area (Å²) in [5, 5.41) is 12.3. The molecule has 0 amide bonds. The molecule has 2 N–H and O–H groups in total. The fourth-order valence-corrected chi connectivity index (χ4v) is 4.04. The lowest BCUT2D eigenvalue weighted by Crippen LogP contribution is -2.32. The zero-order valence-electron chi connectivity index (χ0n) is 13.1. The number of ketones is 1. The number of aromatic carboxylic acids is 1. The highest BCUT2D eigenvalue weighted by atomic mass is 16.4. The van der Waals surface area contributed by atoms with Gasteiger partial charge in [-0.25, -0.2) is 4.79 Å². The molecule has 2 saturated carbocycles. The molecule has 2 aliphatic carbocycles. The molecule has 2 fully saturated rings. The second-order valence-electron chi connectivity index (χ2n) is 7.07. The summed E-state index contributed by atoms with van der Waals surface area (Å²) in [6.45, 7) is 6.38. The second kappa shape index (κ2) is 4.70. The van der Waals surface area contributed by atoms with Crippen LogP contribution in [-0.4, -0.2) is 16.9 Å². The average Bonchev–Trinajstić information content (AvgIpc) is 2.78. The fourth-order valence-electron chi connectivity index (χ4n) is 4.04. The molecule has 0 aliphatic heterocycles. The number of para-hydroxylation sites is 1. The molecular weight excluding hydrogens is 278 g/mol. The molecule has 0 unspecified atom stereocenters. The van der Waals surface area contributed by atoms with Crippen LogP contribution in [0.25, 0.3) is 0 Å². The van der Waals surface area contributed by atoms with Crippen molar-refractivity contribution in [3.05, 3.63) is 41.6 Å². The summed E-state index contributed by atoms with van der Waals surface area (Å²) in [6, 6.07) is 6.73. The number of carboxylic acid groups (broad SMARTS) is 1. The maximum atomic E-state index is 12.7. The molecule has 4 heteroatoms. The lowest BCUT2D eigenvalue weighted by Gasteiger charge is -2.31. The van der Waals surface area contributed by atoms with Crippen molar-refractivity contribution in [2.24, 2.45) is 16.7 Å². The number of Topliss-reactive ketones (excluding diaryl/α,β-unsaturated/α-hetero) is 1. The Labute approximate surface area is 130 Å². The van der Waals surface area contributed by atoms with E-state index in [1.54, 1.807) is 30.5 Å². The molecule has 0 aromatic heterocycles. The first-order valence-electron chi connectivity index (χ1n) is 7.63. The van der Waals surface area contributed by atoms with Gasteiger partial charge in [-0.15, -0.1) is 0 Å². The van der Waals surface area contributed by atoms with Gasteiger partial charge in [-0.05, 0) is 36.3 Å². The van der Waals surface area contributed by atoms with Crippen LogP contribution >= 0.6 is 0 Å². The largest absolute Gasteiger partial charge is 0.478 e. The summed E-state index contributed by atoms with van der Waals surface area (Å²) >= 11 is 0. The number of rotatable bonds is 3. The highest BCUT2D eigenvalue weighted by Gasteiger charge is 2.63. The molecule has 0 spiro atoms. The number of hydrogen-bond donors (Lipinski definition) is 2. The zero-order chi connectivity index (χ0) is 16.1. The van der Waals surface area contributed by atoms with Crippen LogP contribution in [-0.2, 0) is 4.79 Å². The van der Waals surface area contributed by atoms with E-state index in [0.717, 1.165) is 18.4 Å². The predicted molar refractivity (Wildman–Crippen MR) is 84.7 cm³/mol. The minimum Gasteiger partial charge on any atom is -0.478 e. The van der Waals surface area contributed by atoms with E-state index in [1.165, 1.54) is 0 Å². The van der Waals surface area contributed by atoms with Gasteiger partial charge in [-0.3, -0.25) is 4.79 Å². The zero-order valence-corrected chi connectivity index (χ0v) is 13.1. The summed E-state index contributed by atoms with van der Waals surface area (Å²) in [6.07, 6.45) is 3.68. The van der Waals surface area contributed by atoms with Gasteiger partial charge < -0.3 is 10.4 Å². The number of benzene rings is 1. The van der Waals surface area contributed by atoms with Crippen molar-refractivity contribution < 1.29 is 14.7 Å². The normalized spacial score (nSPS) is 30.8. The summed E-state index contributed by atoms with van der Waals surface area (Å²) in [4.78, 5) is 24.0. The molecule has 0 saturated heterocycles. The predicted octanol–water partition coefficient (Wildman–Crippen LogP) is 3.71. The third-order valence-corrected chi connectivity index (χ3v) is 5.91. The molecular formula is C18H21NO3. The van der Waals surface area contributed by atoms with E-state index in [-0.39, 0.29) is 28.1 Å². The molecule has 1 aromatic carbocycles. The summed E-state index contributed by atoms with van der Waals surface area (Å²) in [7, 11) is 0. The number of carbonyl (C=O) groups is 2. The smallest absolute Gasteiger partial charge is 0.337 e. The molecule has 116 valence electrons. The SMILES string of the molecule is CC1(C)[C@H]2CC[C@@]1(C)C(=O)/C2=C\Nc1ccccc1C(=O)O. The number of fused-ring (bicyclic) bond motifs is 2. The van der Waals surface area contributed by atoms with Crippen molar-refractivity contribution in [2.75, 3.05) is 5.32 Å². The number of allylic oxidation sites excluding steroid dienone is 1. The van der Waals surface area contributed by atoms with Crippen LogP contribution in [0.1, 0.15) is 44.0 Å². The number of nitrogens with one attached hydrogen (secondary N) is 1. The van der Waals surface area contributed by atoms with Gasteiger partial charge in [0.15, 0.2) is 5.78 Å². The third kappa shape index (κ3) is 1.83. The van der Waals surface area contributed by atoms with E-state index in [9.17, 15) is 14.7 Å². The van der Waals surface area contributed by atoms with Crippen molar-refractivity contribution in [1.29, 1.82) is 0 Å². The Morgan fingerprint density at radius 1 is 1.32 bits per heavy atom. The van der Waals surface area contributed by atoms with Gasteiger partial charge in [0.05, 0.1) is 11.3 Å². The number of hydrogen-bond acceptors (Lipinski definition) is 3. The maximum absolute atomic E-state index is 12.7. The molecule has 2 atom stereocenters. The van der Waals surface area contributed by atoms with E-state index in [0.29, 0.717) is 5.69 Å². The molecule has 0 radical (unpaired) electrons. The Balaban J connectivity index is 1.93. The summed E-state index contributed by atoms with van der Waals surface area (Å²) in [5.74, 6) is -0.531. The highest BCUT2D eigenvalue weighted by Crippen LogP contribution is 2.65. The van der Waals surface area contributed by atoms with E-state index in [1.807, 2.05) is 0 Å². The topological polar surface area (TPSA) is 66.4 Å². The van der Waals surface area contributed by atoms with Gasteiger partial charge in [0.2, 0.25) is 0 Å². The molecule has 2 aliphatic rings. The first-order valence-corrected chi connectivity index (χ1v) is 7.63. The number of carbonyl (C=O) groups excluding carboxylic acids is 1. The van der Waals surface area contributed by atoms with Crippen LogP contribution in [0.5, 0.6) is 0 Å². The van der Waals surface area contributed by atoms with Crippen molar-refractivity contribution in [3.63, 3.8) is 0 Å². The van der Waals surface area contributed by atoms with Crippen molar-refractivity contribution in [1.82, 2.24) is 0 Å². The lowest BCUT2D eigenvalue weighted by atomic mass is 9.70. The van der Waals surface area contributed by atoms with E-state index >= 15 is 0 Å². The molecule has 1 aromatic rings. The molecule has 2 bridgehead atoms. The Kier molecular flexibility index (Phi) is 3.17. The third-order valence-electron chi connectivity index (χ3n) is 5.91. The Morgan fingerprint density at radius 2 is 2.00 bits per heavy atom. The monoisotopic (exact) mass is 299 g/mol. The van der Waals surface area contributed by atoms with Crippen molar-refractivity contribution >= 4 is 17.4 Å². The number of anilines is 1. The van der Waals surface area contributed by atoms with E-state index in [2.05, 4.69) is 26.1 Å². The van der Waals surface area contributed by atoms with E-state index in [4.69, 9.17) is 0 Å². The molecule has 4 nitrogen and oxygen atoms in total. The first-order chi connectivity index (χ1) is 10.3. The maximum Gasteiger partial charge on any atom is 0.337 e. The van der Waals surface area contributed by atoms with Gasteiger partial charge in [0.1, 0.15) is 0 Å². The molecule has 0 heterocycles. The van der Waals surface area contributed by atoms with Gasteiger partial charge in [0, 0.05) is 17.2 Å². The second-order valence-corrected chi connectivity index (χ2v) is 7.07. The average molecular weight is 299 g/mol. The first kappa shape index (κ1) is 14.8. The van der Waals surface area contributed by atoms with Crippen LogP contribution in [0.2, 0.25) is 0 Å². The minimum absolute atomic E-state index is 0.0378. The van der Waals surface area contributed by atoms with Crippen LogP contribution < -0.4 is 5.32 Å². The highest BCUT2D eigenvalue weighted by molar-refractivity contribution is 6.05. The van der Waals surface area contributed by atoms with E-state index < -0.39 is 5.97 Å². The number of carboxylic acids is 1. The Hall–Kier alpha value is -2.10. The lowest BCUT2D eigenvalue weighted by molar-refractivity contribution is -0.125. The van der Waals surface area contributed by atoms with Gasteiger partial charge in [0.25, 0.3) is 0 Å². The van der Waals surface area contributed by atoms with Gasteiger partial charge in [-0.1, -0.05) is 32.9 Å². The quantitative estimate of drug-likeness (QED) is 0.835. The molecule has 3 rings (SSSR count). The van der Waals surface area contributed by atoms with Crippen LogP contribution in [0, 0.1) is 16.7 Å². The van der Waals surface area contributed by atoms with Crippen molar-refractivity contribution in [2.45, 2.75) is 33.6 Å². The van der Waals surface area contributed by atoms with Crippen molar-refractivity contribution in [3.8, 4) is 0 Å². The standard InChI is InChI=1S/C18H21NO3/c1-17(2)13-8-9-18(17,3)15(20)12(13)10-19-14-7-5-4-6-11(14)16(21)22/h4-7,10,13,19H,8-9H2,1-3H3,(H,21,22)/b12-10-/t13-,18-/m0/s1. The van der Waals surface area contributed by atoms with Crippen LogP contribution in [0.4, 0.5) is 5.69 Å². The van der Waals surface area contributed by atoms with Gasteiger partial charge in [-0.2, -0.15) is 0 Å². The fraction of sp³-hybridized carbons (Fsp3) is 0.444. The molecule has 22 heavy (non-hydrogen) atoms. The Morgan fingerprint density at radius 3 is 2.59 bits per heavy atom. The summed E-state index contributed by atoms with van der Waals surface area (Å²) < 4.78 is 0. The summed E-state index contributed by atoms with van der Waals surface area (Å²) in [5.41, 5.74) is 1.20. The van der Waals surface area contributed by atoms with Crippen LogP contribution in [0.3, 0.4) is 0 Å².